The molecule has 1 unspecified atom stereocenters. The summed E-state index contributed by atoms with van der Waals surface area (Å²) >= 11 is 0. The SMILES string of the molecule is O=C(CCC1CCCO1)c1ccc2c(c1)OCCCO2. The van der Waals surface area contributed by atoms with Crippen LogP contribution >= 0.6 is 0 Å². The average molecular weight is 276 g/mol. The Bertz CT molecular complexity index is 477. The Kier molecular flexibility index (Phi) is 4.21. The van der Waals surface area contributed by atoms with E-state index in [0.717, 1.165) is 38.0 Å². The first-order chi connectivity index (χ1) is 9.83. The van der Waals surface area contributed by atoms with Crippen LogP contribution in [-0.4, -0.2) is 31.7 Å². The minimum Gasteiger partial charge on any atom is -0.490 e. The highest BCUT2D eigenvalue weighted by molar-refractivity contribution is 5.96. The maximum absolute atomic E-state index is 12.2. The zero-order valence-electron chi connectivity index (χ0n) is 11.6. The molecule has 2 heterocycles. The van der Waals surface area contributed by atoms with Gasteiger partial charge in [-0.2, -0.15) is 0 Å². The molecule has 1 aromatic rings. The average Bonchev–Trinajstić information content (AvgIpc) is 2.88. The molecule has 1 saturated heterocycles. The van der Waals surface area contributed by atoms with Crippen molar-refractivity contribution in [2.75, 3.05) is 19.8 Å². The highest BCUT2D eigenvalue weighted by Gasteiger charge is 2.18. The van der Waals surface area contributed by atoms with Gasteiger partial charge >= 0.3 is 0 Å². The van der Waals surface area contributed by atoms with Gasteiger partial charge in [-0.3, -0.25) is 4.79 Å². The second kappa shape index (κ2) is 6.27. The molecule has 0 amide bonds. The lowest BCUT2D eigenvalue weighted by molar-refractivity contribution is 0.0859. The summed E-state index contributed by atoms with van der Waals surface area (Å²) in [5.41, 5.74) is 0.701. The van der Waals surface area contributed by atoms with Crippen molar-refractivity contribution >= 4 is 5.78 Å². The van der Waals surface area contributed by atoms with E-state index in [1.807, 2.05) is 12.1 Å². The fraction of sp³-hybridized carbons (Fsp3) is 0.562. The molecule has 1 fully saturated rings. The summed E-state index contributed by atoms with van der Waals surface area (Å²) in [6, 6.07) is 5.46. The standard InChI is InChI=1S/C16H20O4/c17-14(6-5-13-3-1-8-18-13)12-4-7-15-16(11-12)20-10-2-9-19-15/h4,7,11,13H,1-3,5-6,8-10H2. The second-order valence-corrected chi connectivity index (χ2v) is 5.31. The number of hydrogen-bond acceptors (Lipinski definition) is 4. The predicted octanol–water partition coefficient (Wildman–Crippen LogP) is 2.99. The number of carbonyl (C=O) groups excluding carboxylic acids is 1. The predicted molar refractivity (Wildman–Crippen MR) is 74.6 cm³/mol. The molecule has 0 aliphatic carbocycles. The Balaban J connectivity index is 1.63. The van der Waals surface area contributed by atoms with Crippen molar-refractivity contribution in [3.8, 4) is 11.5 Å². The van der Waals surface area contributed by atoms with Crippen LogP contribution in [0.25, 0.3) is 0 Å². The van der Waals surface area contributed by atoms with Gasteiger partial charge in [0.2, 0.25) is 0 Å². The van der Waals surface area contributed by atoms with Crippen molar-refractivity contribution in [1.29, 1.82) is 0 Å². The summed E-state index contributed by atoms with van der Waals surface area (Å²) in [6.45, 7) is 2.14. The molecule has 0 aromatic heterocycles. The van der Waals surface area contributed by atoms with Crippen LogP contribution < -0.4 is 9.47 Å². The van der Waals surface area contributed by atoms with Gasteiger partial charge in [-0.1, -0.05) is 0 Å². The number of fused-ring (bicyclic) bond motifs is 1. The number of hydrogen-bond donors (Lipinski definition) is 0. The van der Waals surface area contributed by atoms with E-state index in [-0.39, 0.29) is 11.9 Å². The van der Waals surface area contributed by atoms with Crippen LogP contribution in [0.4, 0.5) is 0 Å². The first-order valence-electron chi connectivity index (χ1n) is 7.37. The number of rotatable bonds is 4. The molecule has 0 N–H and O–H groups in total. The monoisotopic (exact) mass is 276 g/mol. The maximum atomic E-state index is 12.2. The third-order valence-electron chi connectivity index (χ3n) is 3.79. The van der Waals surface area contributed by atoms with Crippen molar-refractivity contribution in [3.05, 3.63) is 23.8 Å². The van der Waals surface area contributed by atoms with Gasteiger partial charge in [0.15, 0.2) is 17.3 Å². The molecule has 2 aliphatic heterocycles. The molecule has 4 heteroatoms. The molecule has 0 spiro atoms. The van der Waals surface area contributed by atoms with Gasteiger partial charge in [0.25, 0.3) is 0 Å². The van der Waals surface area contributed by atoms with E-state index < -0.39 is 0 Å². The van der Waals surface area contributed by atoms with E-state index >= 15 is 0 Å². The number of ether oxygens (including phenoxy) is 3. The van der Waals surface area contributed by atoms with Crippen LogP contribution in [0.2, 0.25) is 0 Å². The van der Waals surface area contributed by atoms with Crippen LogP contribution in [0, 0.1) is 0 Å². The highest BCUT2D eigenvalue weighted by Crippen LogP contribution is 2.31. The summed E-state index contributed by atoms with van der Waals surface area (Å²) in [5.74, 6) is 1.57. The summed E-state index contributed by atoms with van der Waals surface area (Å²) in [7, 11) is 0. The van der Waals surface area contributed by atoms with E-state index in [4.69, 9.17) is 14.2 Å². The van der Waals surface area contributed by atoms with Crippen LogP contribution in [0.15, 0.2) is 18.2 Å². The molecule has 3 rings (SSSR count). The van der Waals surface area contributed by atoms with Gasteiger partial charge in [0, 0.05) is 25.0 Å². The first kappa shape index (κ1) is 13.4. The van der Waals surface area contributed by atoms with E-state index in [1.54, 1.807) is 6.07 Å². The molecular weight excluding hydrogens is 256 g/mol. The van der Waals surface area contributed by atoms with Crippen molar-refractivity contribution in [2.24, 2.45) is 0 Å². The lowest BCUT2D eigenvalue weighted by Gasteiger charge is -2.10. The largest absolute Gasteiger partial charge is 0.490 e. The molecule has 1 aromatic carbocycles. The molecule has 4 nitrogen and oxygen atoms in total. The van der Waals surface area contributed by atoms with Gasteiger partial charge < -0.3 is 14.2 Å². The van der Waals surface area contributed by atoms with E-state index in [1.165, 1.54) is 0 Å². The van der Waals surface area contributed by atoms with Crippen LogP contribution in [0.3, 0.4) is 0 Å². The minimum atomic E-state index is 0.149. The molecule has 108 valence electrons. The number of carbonyl (C=O) groups is 1. The lowest BCUT2D eigenvalue weighted by Crippen LogP contribution is -2.09. The van der Waals surface area contributed by atoms with E-state index in [0.29, 0.717) is 30.9 Å². The third kappa shape index (κ3) is 3.12. The molecule has 20 heavy (non-hydrogen) atoms. The highest BCUT2D eigenvalue weighted by atomic mass is 16.5. The Morgan fingerprint density at radius 1 is 1.10 bits per heavy atom. The Labute approximate surface area is 119 Å². The van der Waals surface area contributed by atoms with Gasteiger partial charge in [-0.05, 0) is 37.5 Å². The quantitative estimate of drug-likeness (QED) is 0.793. The van der Waals surface area contributed by atoms with E-state index in [9.17, 15) is 4.79 Å². The summed E-state index contributed by atoms with van der Waals surface area (Å²) in [5, 5.41) is 0. The fourth-order valence-corrected chi connectivity index (χ4v) is 2.65. The zero-order valence-corrected chi connectivity index (χ0v) is 11.6. The molecular formula is C16H20O4. The Hall–Kier alpha value is -1.55. The van der Waals surface area contributed by atoms with Gasteiger partial charge in [-0.15, -0.1) is 0 Å². The van der Waals surface area contributed by atoms with Crippen molar-refractivity contribution < 1.29 is 19.0 Å². The summed E-state index contributed by atoms with van der Waals surface area (Å²) in [6.07, 6.45) is 4.67. The number of benzene rings is 1. The number of Topliss-reactive ketones (excluding diaryl/α,β-unsaturated/α-hetero) is 1. The van der Waals surface area contributed by atoms with E-state index in [2.05, 4.69) is 0 Å². The second-order valence-electron chi connectivity index (χ2n) is 5.31. The van der Waals surface area contributed by atoms with Crippen LogP contribution in [0.1, 0.15) is 42.5 Å². The molecule has 2 aliphatic rings. The molecule has 0 bridgehead atoms. The first-order valence-corrected chi connectivity index (χ1v) is 7.37. The van der Waals surface area contributed by atoms with Crippen molar-refractivity contribution in [3.63, 3.8) is 0 Å². The summed E-state index contributed by atoms with van der Waals surface area (Å²) in [4.78, 5) is 12.2. The normalized spacial score (nSPS) is 21.5. The van der Waals surface area contributed by atoms with Crippen LogP contribution in [-0.2, 0) is 4.74 Å². The smallest absolute Gasteiger partial charge is 0.163 e. The molecule has 0 saturated carbocycles. The summed E-state index contributed by atoms with van der Waals surface area (Å²) < 4.78 is 16.7. The minimum absolute atomic E-state index is 0.149. The third-order valence-corrected chi connectivity index (χ3v) is 3.79. The fourth-order valence-electron chi connectivity index (χ4n) is 2.65. The van der Waals surface area contributed by atoms with Gasteiger partial charge in [-0.25, -0.2) is 0 Å². The van der Waals surface area contributed by atoms with Gasteiger partial charge in [0.1, 0.15) is 0 Å². The van der Waals surface area contributed by atoms with Crippen molar-refractivity contribution in [1.82, 2.24) is 0 Å². The molecule has 1 atom stereocenters. The maximum Gasteiger partial charge on any atom is 0.163 e. The zero-order chi connectivity index (χ0) is 13.8. The molecule has 0 radical (unpaired) electrons. The van der Waals surface area contributed by atoms with Crippen LogP contribution in [0.5, 0.6) is 11.5 Å². The Morgan fingerprint density at radius 3 is 2.75 bits per heavy atom. The lowest BCUT2D eigenvalue weighted by atomic mass is 10.0. The Morgan fingerprint density at radius 2 is 1.95 bits per heavy atom. The van der Waals surface area contributed by atoms with Crippen molar-refractivity contribution in [2.45, 2.75) is 38.2 Å². The number of ketones is 1. The topological polar surface area (TPSA) is 44.8 Å². The van der Waals surface area contributed by atoms with Gasteiger partial charge in [0.05, 0.1) is 19.3 Å².